The van der Waals surface area contributed by atoms with Crippen LogP contribution in [0.3, 0.4) is 0 Å². The van der Waals surface area contributed by atoms with Gasteiger partial charge in [0.15, 0.2) is 5.16 Å². The Bertz CT molecular complexity index is 878. The molecule has 3 aromatic rings. The number of rotatable bonds is 10. The van der Waals surface area contributed by atoms with Crippen molar-refractivity contribution in [3.05, 3.63) is 65.5 Å². The summed E-state index contributed by atoms with van der Waals surface area (Å²) in [6, 6.07) is 16.8. The van der Waals surface area contributed by atoms with Crippen LogP contribution in [-0.4, -0.2) is 27.1 Å². The van der Waals surface area contributed by atoms with Gasteiger partial charge < -0.3 is 9.30 Å². The lowest BCUT2D eigenvalue weighted by Crippen LogP contribution is -2.00. The van der Waals surface area contributed by atoms with Gasteiger partial charge in [0.1, 0.15) is 11.6 Å². The highest BCUT2D eigenvalue weighted by Crippen LogP contribution is 2.24. The number of ether oxygens (including phenoxy) is 1. The molecule has 0 amide bonds. The lowest BCUT2D eigenvalue weighted by atomic mass is 10.2. The normalized spacial score (nSPS) is 11.0. The molecule has 0 radical (unpaired) electrons. The highest BCUT2D eigenvalue weighted by molar-refractivity contribution is 7.99. The van der Waals surface area contributed by atoms with Crippen LogP contribution in [0.15, 0.2) is 58.6 Å². The van der Waals surface area contributed by atoms with E-state index < -0.39 is 0 Å². The average molecular weight is 414 g/mol. The molecule has 0 unspecified atom stereocenters. The van der Waals surface area contributed by atoms with Gasteiger partial charge in [-0.3, -0.25) is 0 Å². The zero-order chi connectivity index (χ0) is 19.8. The van der Waals surface area contributed by atoms with E-state index in [0.717, 1.165) is 47.7 Å². The van der Waals surface area contributed by atoms with E-state index in [1.54, 1.807) is 23.5 Å². The minimum Gasteiger partial charge on any atom is -0.494 e. The van der Waals surface area contributed by atoms with Gasteiger partial charge in [-0.05, 0) is 56.5 Å². The molecule has 1 aromatic heterocycles. The first-order valence-corrected chi connectivity index (χ1v) is 11.5. The molecule has 4 nitrogen and oxygen atoms in total. The summed E-state index contributed by atoms with van der Waals surface area (Å²) in [5.41, 5.74) is 2.51. The summed E-state index contributed by atoms with van der Waals surface area (Å²) in [5, 5.41) is 9.69. The van der Waals surface area contributed by atoms with Crippen molar-refractivity contribution in [1.82, 2.24) is 14.8 Å². The van der Waals surface area contributed by atoms with E-state index in [9.17, 15) is 0 Å². The van der Waals surface area contributed by atoms with Gasteiger partial charge in [-0.1, -0.05) is 41.6 Å². The monoisotopic (exact) mass is 413 g/mol. The molecule has 148 valence electrons. The third-order valence-corrected chi connectivity index (χ3v) is 6.46. The van der Waals surface area contributed by atoms with Gasteiger partial charge in [0.2, 0.25) is 0 Å². The first-order chi connectivity index (χ1) is 13.6. The summed E-state index contributed by atoms with van der Waals surface area (Å²) >= 11 is 3.56. The molecular weight excluding hydrogens is 386 g/mol. The van der Waals surface area contributed by atoms with E-state index in [-0.39, 0.29) is 0 Å². The Morgan fingerprint density at radius 2 is 1.75 bits per heavy atom. The van der Waals surface area contributed by atoms with Gasteiger partial charge in [-0.15, -0.1) is 22.0 Å². The number of aromatic nitrogens is 3. The molecule has 1 heterocycles. The maximum atomic E-state index is 5.80. The molecule has 0 fully saturated rings. The second kappa shape index (κ2) is 10.6. The van der Waals surface area contributed by atoms with Gasteiger partial charge in [-0.25, -0.2) is 0 Å². The number of benzene rings is 2. The lowest BCUT2D eigenvalue weighted by molar-refractivity contribution is 0.309. The first-order valence-electron chi connectivity index (χ1n) is 9.52. The van der Waals surface area contributed by atoms with Crippen LogP contribution in [0.5, 0.6) is 5.75 Å². The van der Waals surface area contributed by atoms with Crippen LogP contribution >= 0.6 is 23.5 Å². The summed E-state index contributed by atoms with van der Waals surface area (Å²) in [4.78, 5) is 1.26. The predicted octanol–water partition coefficient (Wildman–Crippen LogP) is 5.68. The van der Waals surface area contributed by atoms with Crippen LogP contribution in [0.25, 0.3) is 0 Å². The summed E-state index contributed by atoms with van der Waals surface area (Å²) in [6.45, 7) is 4.94. The number of hydrogen-bond acceptors (Lipinski definition) is 5. The maximum Gasteiger partial charge on any atom is 0.190 e. The molecule has 2 aromatic carbocycles. The molecule has 0 aliphatic rings. The summed E-state index contributed by atoms with van der Waals surface area (Å²) < 4.78 is 7.91. The lowest BCUT2D eigenvalue weighted by Gasteiger charge is -2.07. The zero-order valence-corrected chi connectivity index (χ0v) is 18.4. The smallest absolute Gasteiger partial charge is 0.190 e. The van der Waals surface area contributed by atoms with Gasteiger partial charge in [-0.2, -0.15) is 0 Å². The number of unbranched alkanes of at least 4 members (excludes halogenated alkanes) is 1. The van der Waals surface area contributed by atoms with E-state index >= 15 is 0 Å². The van der Waals surface area contributed by atoms with Crippen molar-refractivity contribution in [1.29, 1.82) is 0 Å². The molecule has 0 saturated heterocycles. The third kappa shape index (κ3) is 6.31. The molecule has 0 aliphatic heterocycles. The average Bonchev–Trinajstić information content (AvgIpc) is 3.04. The summed E-state index contributed by atoms with van der Waals surface area (Å²) in [6.07, 6.45) is 2.13. The number of aryl methyl sites for hydroxylation is 2. The SMILES string of the molecule is Cc1ccc(SCc2nnc(SCCCCOc3cccc(C)c3)n2C)cc1. The molecule has 0 aliphatic carbocycles. The molecular formula is C22H27N3OS2. The zero-order valence-electron chi connectivity index (χ0n) is 16.7. The number of thioether (sulfide) groups is 2. The standard InChI is InChI=1S/C22H27N3OS2/c1-17-9-11-20(12-10-17)28-16-21-23-24-22(25(21)3)27-14-5-4-13-26-19-8-6-7-18(2)15-19/h6-12,15H,4-5,13-14,16H2,1-3H3. The number of hydrogen-bond donors (Lipinski definition) is 0. The maximum absolute atomic E-state index is 5.80. The molecule has 0 atom stereocenters. The molecule has 3 rings (SSSR count). The van der Waals surface area contributed by atoms with Crippen molar-refractivity contribution < 1.29 is 4.74 Å². The largest absolute Gasteiger partial charge is 0.494 e. The van der Waals surface area contributed by atoms with Crippen LogP contribution in [-0.2, 0) is 12.8 Å². The van der Waals surface area contributed by atoms with Crippen LogP contribution in [0, 0.1) is 13.8 Å². The van der Waals surface area contributed by atoms with Gasteiger partial charge in [0, 0.05) is 17.7 Å². The fourth-order valence-corrected chi connectivity index (χ4v) is 4.45. The van der Waals surface area contributed by atoms with Gasteiger partial charge in [0.05, 0.1) is 12.4 Å². The Morgan fingerprint density at radius 3 is 2.54 bits per heavy atom. The Labute approximate surface area is 176 Å². The quantitative estimate of drug-likeness (QED) is 0.316. The summed E-state index contributed by atoms with van der Waals surface area (Å²) in [5.74, 6) is 3.82. The second-order valence-electron chi connectivity index (χ2n) is 6.78. The topological polar surface area (TPSA) is 39.9 Å². The molecule has 6 heteroatoms. The Morgan fingerprint density at radius 1 is 0.929 bits per heavy atom. The van der Waals surface area contributed by atoms with Crippen molar-refractivity contribution in [2.75, 3.05) is 12.4 Å². The van der Waals surface area contributed by atoms with Crippen molar-refractivity contribution in [2.24, 2.45) is 7.05 Å². The van der Waals surface area contributed by atoms with E-state index in [2.05, 4.69) is 65.0 Å². The van der Waals surface area contributed by atoms with Crippen molar-refractivity contribution in [3.63, 3.8) is 0 Å². The van der Waals surface area contributed by atoms with E-state index in [1.807, 2.05) is 19.2 Å². The molecule has 0 N–H and O–H groups in total. The third-order valence-electron chi connectivity index (χ3n) is 4.34. The van der Waals surface area contributed by atoms with Crippen molar-refractivity contribution in [2.45, 2.75) is 42.5 Å². The highest BCUT2D eigenvalue weighted by atomic mass is 32.2. The van der Waals surface area contributed by atoms with E-state index in [0.29, 0.717) is 0 Å². The molecule has 0 spiro atoms. The second-order valence-corrected chi connectivity index (χ2v) is 8.89. The van der Waals surface area contributed by atoms with Crippen molar-refractivity contribution in [3.8, 4) is 5.75 Å². The Kier molecular flexibility index (Phi) is 7.86. The molecule has 0 saturated carbocycles. The van der Waals surface area contributed by atoms with Crippen LogP contribution in [0.4, 0.5) is 0 Å². The highest BCUT2D eigenvalue weighted by Gasteiger charge is 2.09. The van der Waals surface area contributed by atoms with Crippen LogP contribution in [0.1, 0.15) is 29.8 Å². The minimum absolute atomic E-state index is 0.751. The van der Waals surface area contributed by atoms with E-state index in [4.69, 9.17) is 4.74 Å². The minimum atomic E-state index is 0.751. The fraction of sp³-hybridized carbons (Fsp3) is 0.364. The van der Waals surface area contributed by atoms with Crippen LogP contribution < -0.4 is 4.74 Å². The Balaban J connectivity index is 1.36. The van der Waals surface area contributed by atoms with E-state index in [1.165, 1.54) is 16.0 Å². The van der Waals surface area contributed by atoms with Crippen LogP contribution in [0.2, 0.25) is 0 Å². The van der Waals surface area contributed by atoms with Crippen molar-refractivity contribution >= 4 is 23.5 Å². The van der Waals surface area contributed by atoms with Gasteiger partial charge in [0.25, 0.3) is 0 Å². The number of nitrogens with zero attached hydrogens (tertiary/aromatic N) is 3. The Hall–Kier alpha value is -1.92. The fourth-order valence-electron chi connectivity index (χ4n) is 2.64. The molecule has 28 heavy (non-hydrogen) atoms. The predicted molar refractivity (Wildman–Crippen MR) is 118 cm³/mol. The first kappa shape index (κ1) is 20.8. The van der Waals surface area contributed by atoms with Gasteiger partial charge >= 0.3 is 0 Å². The molecule has 0 bridgehead atoms. The summed E-state index contributed by atoms with van der Waals surface area (Å²) in [7, 11) is 2.05.